The second-order valence-corrected chi connectivity index (χ2v) is 0. The third-order valence-corrected chi connectivity index (χ3v) is 0. The molecule has 0 saturated heterocycles. The largest absolute Gasteiger partial charge is 0 e. The Morgan fingerprint density at radius 2 is 1.00 bits per heavy atom. The van der Waals surface area contributed by atoms with Gasteiger partial charge in [0, 0.05) is 55.1 Å². The van der Waals surface area contributed by atoms with Gasteiger partial charge >= 0.3 is 19.8 Å². The van der Waals surface area contributed by atoms with E-state index in [2.05, 4.69) is 0 Å². The second kappa shape index (κ2) is 17.0. The van der Waals surface area contributed by atoms with Gasteiger partial charge in [-0.05, 0) is 0 Å². The number of hydrogen-bond acceptors (Lipinski definition) is 0. The van der Waals surface area contributed by atoms with Gasteiger partial charge in [0.05, 0.1) is 0 Å². The minimum Gasteiger partial charge on any atom is 0 e. The summed E-state index contributed by atoms with van der Waals surface area (Å²) in [7, 11) is 0. The number of hydrogen-bond donors (Lipinski definition) is 0. The Bertz CT molecular complexity index is 8.00. The minimum atomic E-state index is 0. The van der Waals surface area contributed by atoms with Gasteiger partial charge in [0.2, 0.25) is 0 Å². The molecular weight excluding hydrogens is 306 g/mol. The van der Waals surface area contributed by atoms with Crippen molar-refractivity contribution >= 4 is 33.3 Å². The molecule has 1 radical (unpaired) electrons. The molecule has 0 unspecified atom stereocenters. The Kier molecular flexibility index (Phi) is 124. The number of rotatable bonds is 0. The normalized spacial score (nSPS) is 0. The summed E-state index contributed by atoms with van der Waals surface area (Å²) in [4.78, 5) is 0. The molecule has 0 fully saturated rings. The Morgan fingerprint density at radius 3 is 1.00 bits per heavy atom. The van der Waals surface area contributed by atoms with E-state index in [0.717, 1.165) is 0 Å². The van der Waals surface area contributed by atoms with Crippen LogP contribution in [-0.2, 0) is 19.5 Å². The van der Waals surface area contributed by atoms with E-state index in [1.54, 1.807) is 0 Å². The van der Waals surface area contributed by atoms with Crippen molar-refractivity contribution in [2.75, 3.05) is 0 Å². The molecule has 0 aromatic carbocycles. The molecule has 0 rings (SSSR count). The smallest absolute Gasteiger partial charge is 0 e. The maximum absolute atomic E-state index is 0. The van der Waals surface area contributed by atoms with E-state index in [4.69, 9.17) is 0 Å². The van der Waals surface area contributed by atoms with Crippen LogP contribution in [0.5, 0.6) is 0 Å². The molecule has 0 bridgehead atoms. The monoisotopic (exact) mass is 309 g/mol. The van der Waals surface area contributed by atoms with E-state index in [1.165, 1.54) is 0 Å². The van der Waals surface area contributed by atoms with Crippen LogP contribution in [-0.4, -0.2) is 19.8 Å². The average molecular weight is 311 g/mol. The van der Waals surface area contributed by atoms with Crippen molar-refractivity contribution in [2.45, 2.75) is 0 Å². The van der Waals surface area contributed by atoms with Crippen LogP contribution in [0.25, 0.3) is 0 Å². The zero-order chi connectivity index (χ0) is 0. The minimum absolute atomic E-state index is 0. The van der Waals surface area contributed by atoms with Gasteiger partial charge < -0.3 is 0 Å². The van der Waals surface area contributed by atoms with Gasteiger partial charge in [-0.1, -0.05) is 0 Å². The van der Waals surface area contributed by atoms with E-state index < -0.39 is 0 Å². The summed E-state index contributed by atoms with van der Waals surface area (Å²) in [6, 6.07) is 0. The van der Waals surface area contributed by atoms with Crippen molar-refractivity contribution in [3.05, 3.63) is 0 Å². The van der Waals surface area contributed by atoms with Crippen molar-refractivity contribution in [3.63, 3.8) is 0 Å². The molecular formula is H5GaLaSZn. The standard InChI is InChI=1S/Ga.La.H2S.Zn.3H/h;;1H2;;;;. The Hall–Kier alpha value is 2.80. The summed E-state index contributed by atoms with van der Waals surface area (Å²) in [6.45, 7) is 0. The summed E-state index contributed by atoms with van der Waals surface area (Å²) < 4.78 is 0. The fraction of sp³-hybridized carbons (Fsp3) is 0. The van der Waals surface area contributed by atoms with E-state index in [9.17, 15) is 0 Å². The molecule has 4 heavy (non-hydrogen) atoms. The first-order chi connectivity index (χ1) is 0. The SMILES string of the molecule is S.[GaH3].[La].[Zn]. The molecule has 0 heterocycles. The third kappa shape index (κ3) is 8.84. The Morgan fingerprint density at radius 1 is 1.00 bits per heavy atom. The van der Waals surface area contributed by atoms with E-state index >= 15 is 0 Å². The van der Waals surface area contributed by atoms with E-state index in [0.29, 0.717) is 0 Å². The van der Waals surface area contributed by atoms with Crippen LogP contribution in [0.15, 0.2) is 0 Å². The molecule has 0 aliphatic rings. The summed E-state index contributed by atoms with van der Waals surface area (Å²) in [5, 5.41) is 0. The molecule has 0 N–H and O–H groups in total. The van der Waals surface area contributed by atoms with Crippen LogP contribution in [0.2, 0.25) is 0 Å². The maximum Gasteiger partial charge on any atom is 0 e. The average Bonchev–Trinajstić information content (AvgIpc) is 0. The zero-order valence-electron chi connectivity index (χ0n) is 1.78. The topological polar surface area (TPSA) is 0 Å². The van der Waals surface area contributed by atoms with Gasteiger partial charge in [-0.15, -0.1) is 0 Å². The van der Waals surface area contributed by atoms with Crippen LogP contribution < -0.4 is 0 Å². The molecule has 0 spiro atoms. The van der Waals surface area contributed by atoms with Gasteiger partial charge in [0.25, 0.3) is 0 Å². The Balaban J connectivity index is 0. The van der Waals surface area contributed by atoms with E-state index in [-0.39, 0.29) is 88.4 Å². The second-order valence-electron chi connectivity index (χ2n) is 0. The van der Waals surface area contributed by atoms with Crippen LogP contribution in [0, 0.1) is 35.6 Å². The summed E-state index contributed by atoms with van der Waals surface area (Å²) in [5.41, 5.74) is 0. The van der Waals surface area contributed by atoms with Crippen LogP contribution >= 0.6 is 13.5 Å². The third-order valence-electron chi connectivity index (χ3n) is 0. The van der Waals surface area contributed by atoms with Crippen molar-refractivity contribution in [1.29, 1.82) is 0 Å². The van der Waals surface area contributed by atoms with Crippen molar-refractivity contribution < 1.29 is 55.1 Å². The molecule has 0 aromatic heterocycles. The fourth-order valence-corrected chi connectivity index (χ4v) is 0. The molecule has 0 aliphatic heterocycles. The van der Waals surface area contributed by atoms with Gasteiger partial charge in [0.1, 0.15) is 0 Å². The van der Waals surface area contributed by atoms with Crippen molar-refractivity contribution in [2.24, 2.45) is 0 Å². The zero-order valence-corrected chi connectivity index (χ0v) is 9.38. The van der Waals surface area contributed by atoms with Crippen molar-refractivity contribution in [1.82, 2.24) is 0 Å². The Labute approximate surface area is 86.7 Å². The van der Waals surface area contributed by atoms with Gasteiger partial charge in [-0.2, -0.15) is 13.5 Å². The first kappa shape index (κ1) is 29.1. The summed E-state index contributed by atoms with van der Waals surface area (Å²) in [5.74, 6) is 0. The predicted octanol–water partition coefficient (Wildman–Crippen LogP) is -1.07. The van der Waals surface area contributed by atoms with Gasteiger partial charge in [-0.3, -0.25) is 0 Å². The molecule has 0 nitrogen and oxygen atoms in total. The molecule has 4 heteroatoms. The molecule has 19 valence electrons. The van der Waals surface area contributed by atoms with E-state index in [1.807, 2.05) is 0 Å². The summed E-state index contributed by atoms with van der Waals surface area (Å²) in [6.07, 6.45) is 0. The van der Waals surface area contributed by atoms with Gasteiger partial charge in [0.15, 0.2) is 0 Å². The molecule has 0 atom stereocenters. The molecule has 0 aromatic rings. The van der Waals surface area contributed by atoms with Gasteiger partial charge in [-0.25, -0.2) is 0 Å². The predicted molar refractivity (Wildman–Crippen MR) is 20.3 cm³/mol. The van der Waals surface area contributed by atoms with Crippen LogP contribution in [0.1, 0.15) is 0 Å². The fourth-order valence-electron chi connectivity index (χ4n) is 0. The molecule has 0 aliphatic carbocycles. The maximum atomic E-state index is 0. The van der Waals surface area contributed by atoms with Crippen molar-refractivity contribution in [3.8, 4) is 0 Å². The van der Waals surface area contributed by atoms with Crippen LogP contribution in [0.3, 0.4) is 0 Å². The first-order valence-corrected chi connectivity index (χ1v) is 0. The van der Waals surface area contributed by atoms with Crippen LogP contribution in [0.4, 0.5) is 0 Å². The summed E-state index contributed by atoms with van der Waals surface area (Å²) >= 11 is 0. The quantitative estimate of drug-likeness (QED) is 0.500. The molecule has 0 amide bonds. The first-order valence-electron chi connectivity index (χ1n) is 0. The molecule has 0 saturated carbocycles.